The Morgan fingerprint density at radius 2 is 1.60 bits per heavy atom. The molecule has 0 aromatic carbocycles. The SMILES string of the molecule is O=C([O-])OCCCCCCCC(F)(F)F. The molecule has 0 radical (unpaired) electrons. The molecule has 0 aliphatic rings. The van der Waals surface area contributed by atoms with Crippen LogP contribution in [0.5, 0.6) is 0 Å². The zero-order chi connectivity index (χ0) is 11.7. The molecule has 15 heavy (non-hydrogen) atoms. The van der Waals surface area contributed by atoms with Crippen LogP contribution in [0.15, 0.2) is 0 Å². The van der Waals surface area contributed by atoms with Gasteiger partial charge >= 0.3 is 6.18 Å². The van der Waals surface area contributed by atoms with Crippen molar-refractivity contribution in [2.24, 2.45) is 0 Å². The molecule has 0 aliphatic heterocycles. The van der Waals surface area contributed by atoms with Crippen LogP contribution >= 0.6 is 0 Å². The average molecular weight is 227 g/mol. The largest absolute Gasteiger partial charge is 0.550 e. The zero-order valence-corrected chi connectivity index (χ0v) is 8.31. The lowest BCUT2D eigenvalue weighted by Crippen LogP contribution is -2.23. The first-order chi connectivity index (χ1) is 6.92. The second-order valence-electron chi connectivity index (χ2n) is 3.23. The molecule has 3 nitrogen and oxygen atoms in total. The van der Waals surface area contributed by atoms with Crippen LogP contribution in [0, 0.1) is 0 Å². The molecule has 0 heterocycles. The number of carboxylic acid groups (broad SMARTS) is 1. The van der Waals surface area contributed by atoms with Crippen LogP contribution in [0.3, 0.4) is 0 Å². The number of ether oxygens (including phenoxy) is 1. The molecular formula is C9H14F3O3-. The summed E-state index contributed by atoms with van der Waals surface area (Å²) in [4.78, 5) is 9.79. The van der Waals surface area contributed by atoms with Gasteiger partial charge in [-0.1, -0.05) is 19.3 Å². The lowest BCUT2D eigenvalue weighted by molar-refractivity contribution is -0.282. The van der Waals surface area contributed by atoms with Crippen molar-refractivity contribution in [1.82, 2.24) is 0 Å². The predicted octanol–water partition coefficient (Wildman–Crippen LogP) is 2.25. The minimum atomic E-state index is -4.07. The third-order valence-corrected chi connectivity index (χ3v) is 1.82. The van der Waals surface area contributed by atoms with Crippen molar-refractivity contribution in [1.29, 1.82) is 0 Å². The summed E-state index contributed by atoms with van der Waals surface area (Å²) in [5, 5.41) is 9.79. The maximum atomic E-state index is 11.7. The number of carbonyl (C=O) groups excluding carboxylic acids is 1. The Morgan fingerprint density at radius 3 is 2.13 bits per heavy atom. The van der Waals surface area contributed by atoms with Gasteiger partial charge in [0.1, 0.15) is 0 Å². The molecule has 0 aromatic heterocycles. The van der Waals surface area contributed by atoms with Gasteiger partial charge in [0.05, 0.1) is 0 Å². The molecule has 0 bridgehead atoms. The van der Waals surface area contributed by atoms with Crippen LogP contribution in [-0.4, -0.2) is 18.9 Å². The first kappa shape index (κ1) is 14.1. The lowest BCUT2D eigenvalue weighted by Gasteiger charge is -2.08. The summed E-state index contributed by atoms with van der Waals surface area (Å²) in [7, 11) is 0. The normalized spacial score (nSPS) is 11.4. The van der Waals surface area contributed by atoms with Crippen LogP contribution in [0.25, 0.3) is 0 Å². The molecule has 90 valence electrons. The second kappa shape index (κ2) is 7.36. The average Bonchev–Trinajstić information content (AvgIpc) is 2.07. The van der Waals surface area contributed by atoms with Gasteiger partial charge in [0.25, 0.3) is 6.16 Å². The van der Waals surface area contributed by atoms with Gasteiger partial charge in [0, 0.05) is 13.0 Å². The van der Waals surface area contributed by atoms with E-state index >= 15 is 0 Å². The fourth-order valence-electron chi connectivity index (χ4n) is 1.11. The van der Waals surface area contributed by atoms with Gasteiger partial charge in [-0.3, -0.25) is 0 Å². The molecule has 0 saturated heterocycles. The van der Waals surface area contributed by atoms with Crippen molar-refractivity contribution < 1.29 is 27.8 Å². The Labute approximate surface area is 86.2 Å². The number of halogens is 3. The molecule has 0 aliphatic carbocycles. The highest BCUT2D eigenvalue weighted by molar-refractivity contribution is 5.53. The summed E-state index contributed by atoms with van der Waals surface area (Å²) in [5.41, 5.74) is 0. The van der Waals surface area contributed by atoms with E-state index < -0.39 is 18.8 Å². The maximum absolute atomic E-state index is 11.7. The Bertz CT molecular complexity index is 180. The van der Waals surface area contributed by atoms with E-state index in [2.05, 4.69) is 4.74 Å². The Kier molecular flexibility index (Phi) is 6.90. The van der Waals surface area contributed by atoms with E-state index in [1.165, 1.54) is 0 Å². The quantitative estimate of drug-likeness (QED) is 0.495. The minimum absolute atomic E-state index is 0.0571. The van der Waals surface area contributed by atoms with Crippen molar-refractivity contribution in [2.75, 3.05) is 6.61 Å². The third-order valence-electron chi connectivity index (χ3n) is 1.82. The molecule has 6 heteroatoms. The molecular weight excluding hydrogens is 213 g/mol. The van der Waals surface area contributed by atoms with E-state index in [-0.39, 0.29) is 13.0 Å². The third kappa shape index (κ3) is 13.1. The predicted molar refractivity (Wildman–Crippen MR) is 45.1 cm³/mol. The molecule has 0 rings (SSSR count). The summed E-state index contributed by atoms with van der Waals surface area (Å²) < 4.78 is 39.2. The van der Waals surface area contributed by atoms with E-state index in [0.29, 0.717) is 25.7 Å². The summed E-state index contributed by atoms with van der Waals surface area (Å²) in [6.07, 6.45) is -3.89. The van der Waals surface area contributed by atoms with Gasteiger partial charge < -0.3 is 14.6 Å². The number of carbonyl (C=O) groups is 1. The van der Waals surface area contributed by atoms with Crippen LogP contribution in [0.4, 0.5) is 18.0 Å². The molecule has 0 aromatic rings. The first-order valence-corrected chi connectivity index (χ1v) is 4.82. The molecule has 0 fully saturated rings. The van der Waals surface area contributed by atoms with Crippen molar-refractivity contribution in [2.45, 2.75) is 44.7 Å². The highest BCUT2D eigenvalue weighted by Gasteiger charge is 2.25. The first-order valence-electron chi connectivity index (χ1n) is 4.82. The Morgan fingerprint density at radius 1 is 1.07 bits per heavy atom. The van der Waals surface area contributed by atoms with E-state index in [1.54, 1.807) is 0 Å². The highest BCUT2D eigenvalue weighted by Crippen LogP contribution is 2.22. The van der Waals surface area contributed by atoms with Crippen molar-refractivity contribution in [3.63, 3.8) is 0 Å². The summed E-state index contributed by atoms with van der Waals surface area (Å²) >= 11 is 0. The standard InChI is InChI=1S/C9H15F3O3/c10-9(11,12)6-4-2-1-3-5-7-15-8(13)14/h1-7H2,(H,13,14)/p-1. The summed E-state index contributed by atoms with van der Waals surface area (Å²) in [6.45, 7) is 0.0571. The van der Waals surface area contributed by atoms with Gasteiger partial charge in [-0.05, 0) is 12.8 Å². The van der Waals surface area contributed by atoms with Gasteiger partial charge in [0.2, 0.25) is 0 Å². The monoisotopic (exact) mass is 227 g/mol. The molecule has 0 atom stereocenters. The fourth-order valence-corrected chi connectivity index (χ4v) is 1.11. The van der Waals surface area contributed by atoms with E-state index in [4.69, 9.17) is 0 Å². The van der Waals surface area contributed by atoms with Crippen molar-refractivity contribution in [3.05, 3.63) is 0 Å². The number of hydrogen-bond acceptors (Lipinski definition) is 3. The van der Waals surface area contributed by atoms with Crippen molar-refractivity contribution >= 4 is 6.16 Å². The van der Waals surface area contributed by atoms with E-state index in [0.717, 1.165) is 0 Å². The smallest absolute Gasteiger partial charge is 0.389 e. The van der Waals surface area contributed by atoms with Crippen molar-refractivity contribution in [3.8, 4) is 0 Å². The Hall–Kier alpha value is -0.940. The molecule has 0 saturated carbocycles. The summed E-state index contributed by atoms with van der Waals surface area (Å²) in [6, 6.07) is 0. The van der Waals surface area contributed by atoms with Gasteiger partial charge in [-0.15, -0.1) is 0 Å². The fraction of sp³-hybridized carbons (Fsp3) is 0.889. The number of unbranched alkanes of at least 4 members (excludes halogenated alkanes) is 4. The van der Waals surface area contributed by atoms with Crippen LogP contribution in [0.1, 0.15) is 38.5 Å². The Balaban J connectivity index is 3.09. The topological polar surface area (TPSA) is 49.4 Å². The lowest BCUT2D eigenvalue weighted by atomic mass is 10.1. The second-order valence-corrected chi connectivity index (χ2v) is 3.23. The number of hydrogen-bond donors (Lipinski definition) is 0. The molecule has 0 spiro atoms. The maximum Gasteiger partial charge on any atom is 0.389 e. The molecule has 0 amide bonds. The van der Waals surface area contributed by atoms with E-state index in [9.17, 15) is 23.1 Å². The van der Waals surface area contributed by atoms with Crippen LogP contribution < -0.4 is 5.11 Å². The molecule has 0 unspecified atom stereocenters. The van der Waals surface area contributed by atoms with Crippen LogP contribution in [0.2, 0.25) is 0 Å². The van der Waals surface area contributed by atoms with Crippen LogP contribution in [-0.2, 0) is 4.74 Å². The summed E-state index contributed by atoms with van der Waals surface area (Å²) in [5.74, 6) is 0. The number of alkyl halides is 3. The zero-order valence-electron chi connectivity index (χ0n) is 8.31. The van der Waals surface area contributed by atoms with Gasteiger partial charge in [0.15, 0.2) is 0 Å². The minimum Gasteiger partial charge on any atom is -0.550 e. The highest BCUT2D eigenvalue weighted by atomic mass is 19.4. The molecule has 0 N–H and O–H groups in total. The van der Waals surface area contributed by atoms with Gasteiger partial charge in [-0.25, -0.2) is 0 Å². The van der Waals surface area contributed by atoms with Gasteiger partial charge in [-0.2, -0.15) is 13.2 Å². The number of rotatable bonds is 7. The van der Waals surface area contributed by atoms with E-state index in [1.807, 2.05) is 0 Å².